The zero-order valence-electron chi connectivity index (χ0n) is 21.0. The van der Waals surface area contributed by atoms with E-state index >= 15 is 0 Å². The molecule has 3 heterocycles. The number of anilines is 3. The van der Waals surface area contributed by atoms with Crippen molar-refractivity contribution in [3.8, 4) is 11.3 Å². The molecule has 2 aromatic carbocycles. The molecule has 0 fully saturated rings. The van der Waals surface area contributed by atoms with Gasteiger partial charge in [-0.25, -0.2) is 9.37 Å². The van der Waals surface area contributed by atoms with Crippen LogP contribution >= 0.6 is 0 Å². The highest BCUT2D eigenvalue weighted by Crippen LogP contribution is 2.39. The number of pyridine rings is 1. The van der Waals surface area contributed by atoms with E-state index in [1.807, 2.05) is 57.2 Å². The number of fused-ring (bicyclic) bond motifs is 1. The number of H-pyrrole nitrogens is 1. The molecule has 7 nitrogen and oxygen atoms in total. The highest BCUT2D eigenvalue weighted by molar-refractivity contribution is 6.06. The molecule has 8 heteroatoms. The fourth-order valence-electron chi connectivity index (χ4n) is 4.71. The third-order valence-corrected chi connectivity index (χ3v) is 6.49. The summed E-state index contributed by atoms with van der Waals surface area (Å²) in [6.07, 6.45) is 1.69. The van der Waals surface area contributed by atoms with Crippen molar-refractivity contribution < 1.29 is 14.3 Å². The van der Waals surface area contributed by atoms with Crippen LogP contribution in [-0.2, 0) is 12.8 Å². The fraction of sp³-hybridized carbons (Fsp3) is 0.241. The van der Waals surface area contributed by atoms with Gasteiger partial charge in [0, 0.05) is 41.5 Å². The molecular weight excluding hydrogens is 469 g/mol. The maximum atomic E-state index is 13.2. The van der Waals surface area contributed by atoms with Crippen LogP contribution in [0.15, 0.2) is 66.9 Å². The number of hydrogen-bond donors (Lipinski definition) is 5. The number of nitrogens with one attached hydrogen (secondary N) is 4. The van der Waals surface area contributed by atoms with Gasteiger partial charge in [0.2, 0.25) is 0 Å². The Kier molecular flexibility index (Phi) is 6.43. The summed E-state index contributed by atoms with van der Waals surface area (Å²) < 4.78 is 13.2. The quantitative estimate of drug-likeness (QED) is 0.222. The van der Waals surface area contributed by atoms with Gasteiger partial charge in [-0.2, -0.15) is 0 Å². The summed E-state index contributed by atoms with van der Waals surface area (Å²) in [4.78, 5) is 21.1. The molecule has 1 aliphatic rings. The molecule has 2 aromatic heterocycles. The minimum Gasteiger partial charge on any atom is -0.373 e. The van der Waals surface area contributed by atoms with E-state index in [1.165, 1.54) is 12.1 Å². The second kappa shape index (κ2) is 9.71. The van der Waals surface area contributed by atoms with Crippen molar-refractivity contribution in [3.05, 3.63) is 95.1 Å². The lowest BCUT2D eigenvalue weighted by Gasteiger charge is -2.30. The van der Waals surface area contributed by atoms with E-state index in [1.54, 1.807) is 18.3 Å². The second-order valence-corrected chi connectivity index (χ2v) is 10.1. The van der Waals surface area contributed by atoms with Gasteiger partial charge in [0.05, 0.1) is 16.9 Å². The van der Waals surface area contributed by atoms with E-state index < -0.39 is 6.23 Å². The lowest BCUT2D eigenvalue weighted by molar-refractivity contribution is 0.0897. The van der Waals surface area contributed by atoms with E-state index in [0.29, 0.717) is 29.9 Å². The highest BCUT2D eigenvalue weighted by Gasteiger charge is 2.35. The number of benzene rings is 2. The molecule has 5 N–H and O–H groups in total. The molecule has 0 bridgehead atoms. The summed E-state index contributed by atoms with van der Waals surface area (Å²) in [5.41, 5.74) is 6.12. The molecule has 37 heavy (non-hydrogen) atoms. The lowest BCUT2D eigenvalue weighted by atomic mass is 9.91. The summed E-state index contributed by atoms with van der Waals surface area (Å²) >= 11 is 0. The Morgan fingerprint density at radius 3 is 2.65 bits per heavy atom. The van der Waals surface area contributed by atoms with Crippen molar-refractivity contribution in [1.29, 1.82) is 0 Å². The minimum absolute atomic E-state index is 0.132. The first kappa shape index (κ1) is 24.5. The Hall–Kier alpha value is -4.17. The number of halogens is 1. The Morgan fingerprint density at radius 1 is 1.14 bits per heavy atom. The van der Waals surface area contributed by atoms with Gasteiger partial charge in [-0.05, 0) is 62.2 Å². The number of nitrogens with zero attached hydrogens (tertiary/aromatic N) is 1. The molecule has 1 unspecified atom stereocenters. The predicted octanol–water partition coefficient (Wildman–Crippen LogP) is 5.31. The van der Waals surface area contributed by atoms with E-state index in [0.717, 1.165) is 33.8 Å². The minimum atomic E-state index is -0.916. The van der Waals surface area contributed by atoms with Crippen LogP contribution in [0.3, 0.4) is 0 Å². The zero-order valence-corrected chi connectivity index (χ0v) is 21.0. The molecule has 0 spiro atoms. The van der Waals surface area contributed by atoms with E-state index in [4.69, 9.17) is 0 Å². The third-order valence-electron chi connectivity index (χ3n) is 6.49. The van der Waals surface area contributed by atoms with Gasteiger partial charge in [-0.1, -0.05) is 30.3 Å². The van der Waals surface area contributed by atoms with Crippen LogP contribution in [0.25, 0.3) is 11.3 Å². The molecular formula is C29H30FN5O2. The van der Waals surface area contributed by atoms with Gasteiger partial charge in [-0.3, -0.25) is 4.79 Å². The van der Waals surface area contributed by atoms with Crippen LogP contribution in [0.5, 0.6) is 0 Å². The normalized spacial score (nSPS) is 15.0. The van der Waals surface area contributed by atoms with Crippen molar-refractivity contribution in [2.24, 2.45) is 0 Å². The SMILES string of the molecule is Cc1ccccc1Nc1c(-c2ccnc(NC(O)Cc3ccc(F)cc3)c2)[nH]c2c1C(=O)NC(C)(C)C2. The number of carbonyl (C=O) groups excluding carboxylic acids is 1. The number of hydrogen-bond acceptors (Lipinski definition) is 5. The average molecular weight is 500 g/mol. The van der Waals surface area contributed by atoms with Crippen molar-refractivity contribution in [1.82, 2.24) is 15.3 Å². The van der Waals surface area contributed by atoms with Crippen molar-refractivity contribution in [2.45, 2.75) is 45.4 Å². The summed E-state index contributed by atoms with van der Waals surface area (Å²) in [5.74, 6) is 0.0275. The Labute approximate surface area is 215 Å². The molecule has 5 rings (SSSR count). The number of aryl methyl sites for hydroxylation is 1. The largest absolute Gasteiger partial charge is 0.373 e. The number of aromatic nitrogens is 2. The monoisotopic (exact) mass is 499 g/mol. The summed E-state index contributed by atoms with van der Waals surface area (Å²) in [7, 11) is 0. The predicted molar refractivity (Wildman–Crippen MR) is 143 cm³/mol. The van der Waals surface area contributed by atoms with Gasteiger partial charge >= 0.3 is 0 Å². The van der Waals surface area contributed by atoms with Crippen LogP contribution in [0.1, 0.15) is 41.0 Å². The highest BCUT2D eigenvalue weighted by atomic mass is 19.1. The Bertz CT molecular complexity index is 1450. The number of aliphatic hydroxyl groups is 1. The summed E-state index contributed by atoms with van der Waals surface area (Å²) in [6, 6.07) is 17.6. The number of aromatic amines is 1. The van der Waals surface area contributed by atoms with Crippen LogP contribution in [-0.4, -0.2) is 32.7 Å². The molecule has 1 atom stereocenters. The smallest absolute Gasteiger partial charge is 0.255 e. The van der Waals surface area contributed by atoms with Gasteiger partial charge in [-0.15, -0.1) is 0 Å². The van der Waals surface area contributed by atoms with Crippen LogP contribution in [0, 0.1) is 12.7 Å². The molecule has 190 valence electrons. The number of para-hydroxylation sites is 1. The first-order valence-corrected chi connectivity index (χ1v) is 12.2. The van der Waals surface area contributed by atoms with Gasteiger partial charge in [0.15, 0.2) is 0 Å². The first-order chi connectivity index (χ1) is 17.7. The molecule has 0 aliphatic carbocycles. The molecule has 0 radical (unpaired) electrons. The van der Waals surface area contributed by atoms with E-state index in [9.17, 15) is 14.3 Å². The maximum absolute atomic E-state index is 13.2. The Morgan fingerprint density at radius 2 is 1.89 bits per heavy atom. The van der Waals surface area contributed by atoms with E-state index in [2.05, 4.69) is 25.9 Å². The van der Waals surface area contributed by atoms with E-state index in [-0.39, 0.29) is 17.3 Å². The van der Waals surface area contributed by atoms with Gasteiger partial charge < -0.3 is 26.0 Å². The topological polar surface area (TPSA) is 102 Å². The van der Waals surface area contributed by atoms with Gasteiger partial charge in [0.1, 0.15) is 17.9 Å². The number of rotatable bonds is 7. The average Bonchev–Trinajstić information content (AvgIpc) is 3.19. The number of amides is 1. The van der Waals surface area contributed by atoms with Crippen LogP contribution in [0.4, 0.5) is 21.6 Å². The molecule has 0 saturated carbocycles. The van der Waals surface area contributed by atoms with Crippen molar-refractivity contribution in [3.63, 3.8) is 0 Å². The molecule has 0 saturated heterocycles. The first-order valence-electron chi connectivity index (χ1n) is 12.2. The number of carbonyl (C=O) groups is 1. The van der Waals surface area contributed by atoms with Crippen molar-refractivity contribution in [2.75, 3.05) is 10.6 Å². The molecule has 1 amide bonds. The van der Waals surface area contributed by atoms with Gasteiger partial charge in [0.25, 0.3) is 5.91 Å². The van der Waals surface area contributed by atoms with Crippen molar-refractivity contribution >= 4 is 23.1 Å². The third kappa shape index (κ3) is 5.34. The maximum Gasteiger partial charge on any atom is 0.255 e. The summed E-state index contributed by atoms with van der Waals surface area (Å²) in [5, 5.41) is 20.2. The number of aliphatic hydroxyl groups excluding tert-OH is 1. The fourth-order valence-corrected chi connectivity index (χ4v) is 4.71. The van der Waals surface area contributed by atoms with Crippen LogP contribution < -0.4 is 16.0 Å². The van der Waals surface area contributed by atoms with Crippen LogP contribution in [0.2, 0.25) is 0 Å². The molecule has 1 aliphatic heterocycles. The lowest BCUT2D eigenvalue weighted by Crippen LogP contribution is -2.49. The summed E-state index contributed by atoms with van der Waals surface area (Å²) in [6.45, 7) is 6.01. The Balaban J connectivity index is 1.49. The standard InChI is InChI=1S/C29H30FN5O2/c1-17-6-4-5-7-21(17)32-27-25-22(16-29(2,3)35-28(25)37)33-26(27)19-12-13-31-23(15-19)34-24(36)14-18-8-10-20(30)11-9-18/h4-13,15,24,32-33,36H,14,16H2,1-3H3,(H,31,34)(H,35,37). The second-order valence-electron chi connectivity index (χ2n) is 10.1. The zero-order chi connectivity index (χ0) is 26.2. The molecule has 4 aromatic rings.